The minimum atomic E-state index is 0.205. The number of benzene rings is 1. The van der Waals surface area contributed by atoms with Gasteiger partial charge in [-0.3, -0.25) is 4.79 Å². The van der Waals surface area contributed by atoms with E-state index < -0.39 is 0 Å². The van der Waals surface area contributed by atoms with Gasteiger partial charge >= 0.3 is 0 Å². The van der Waals surface area contributed by atoms with E-state index in [1.807, 2.05) is 42.5 Å². The van der Waals surface area contributed by atoms with E-state index in [2.05, 4.69) is 5.32 Å². The Morgan fingerprint density at radius 1 is 1.14 bits per heavy atom. The van der Waals surface area contributed by atoms with E-state index >= 15 is 0 Å². The second-order valence-corrected chi connectivity index (χ2v) is 3.15. The summed E-state index contributed by atoms with van der Waals surface area (Å²) in [6.07, 6.45) is 8.93. The third kappa shape index (κ3) is 1.74. The number of aldehydes is 1. The molecule has 0 unspecified atom stereocenters. The Balaban J connectivity index is 2.19. The molecule has 1 aromatic carbocycles. The minimum absolute atomic E-state index is 0.205. The molecular formula is C12H11NO. The first kappa shape index (κ1) is 8.75. The summed E-state index contributed by atoms with van der Waals surface area (Å²) in [5.74, 6) is 0. The Morgan fingerprint density at radius 2 is 1.86 bits per heavy atom. The molecule has 0 saturated carbocycles. The van der Waals surface area contributed by atoms with Gasteiger partial charge in [-0.2, -0.15) is 0 Å². The van der Waals surface area contributed by atoms with E-state index in [1.54, 1.807) is 6.07 Å². The lowest BCUT2D eigenvalue weighted by atomic mass is 10.2. The van der Waals surface area contributed by atoms with Crippen molar-refractivity contribution in [2.45, 2.75) is 6.04 Å². The molecule has 0 fully saturated rings. The van der Waals surface area contributed by atoms with E-state index in [4.69, 9.17) is 0 Å². The van der Waals surface area contributed by atoms with Gasteiger partial charge in [-0.25, -0.2) is 0 Å². The number of anilines is 1. The number of hydrogen-bond acceptors (Lipinski definition) is 2. The van der Waals surface area contributed by atoms with Crippen LogP contribution in [0.5, 0.6) is 0 Å². The Kier molecular flexibility index (Phi) is 2.45. The Morgan fingerprint density at radius 3 is 2.57 bits per heavy atom. The Hall–Kier alpha value is -1.83. The molecule has 0 aromatic heterocycles. The zero-order chi connectivity index (χ0) is 9.80. The Labute approximate surface area is 82.9 Å². The fourth-order valence-corrected chi connectivity index (χ4v) is 1.44. The molecule has 0 saturated heterocycles. The number of hydrogen-bond donors (Lipinski definition) is 1. The van der Waals surface area contributed by atoms with Crippen molar-refractivity contribution in [1.29, 1.82) is 0 Å². The van der Waals surface area contributed by atoms with Crippen LogP contribution in [0.3, 0.4) is 0 Å². The fourth-order valence-electron chi connectivity index (χ4n) is 1.44. The lowest BCUT2D eigenvalue weighted by molar-refractivity contribution is 0.112. The summed E-state index contributed by atoms with van der Waals surface area (Å²) < 4.78 is 0. The molecule has 1 N–H and O–H groups in total. The van der Waals surface area contributed by atoms with E-state index in [0.29, 0.717) is 5.56 Å². The molecule has 2 rings (SSSR count). The van der Waals surface area contributed by atoms with Crippen LogP contribution in [0.2, 0.25) is 0 Å². The van der Waals surface area contributed by atoms with Crippen LogP contribution < -0.4 is 5.32 Å². The second-order valence-electron chi connectivity index (χ2n) is 3.15. The normalized spacial score (nSPS) is 14.6. The zero-order valence-electron chi connectivity index (χ0n) is 7.68. The van der Waals surface area contributed by atoms with Gasteiger partial charge in [-0.05, 0) is 12.1 Å². The molecule has 0 radical (unpaired) electrons. The molecule has 0 amide bonds. The van der Waals surface area contributed by atoms with Gasteiger partial charge in [0, 0.05) is 11.3 Å². The topological polar surface area (TPSA) is 29.1 Å². The van der Waals surface area contributed by atoms with Gasteiger partial charge in [-0.15, -0.1) is 0 Å². The van der Waals surface area contributed by atoms with E-state index in [1.165, 1.54) is 0 Å². The van der Waals surface area contributed by atoms with Crippen LogP contribution in [0.25, 0.3) is 0 Å². The summed E-state index contributed by atoms with van der Waals surface area (Å²) in [5.41, 5.74) is 1.57. The molecule has 70 valence electrons. The molecule has 0 bridgehead atoms. The molecule has 1 aromatic rings. The second kappa shape index (κ2) is 3.92. The van der Waals surface area contributed by atoms with E-state index in [0.717, 1.165) is 12.0 Å². The monoisotopic (exact) mass is 185 g/mol. The number of para-hydroxylation sites is 1. The SMILES string of the molecule is O=Cc1ccccc1NC1C=CC=C1. The van der Waals surface area contributed by atoms with Crippen molar-refractivity contribution in [3.63, 3.8) is 0 Å². The zero-order valence-corrected chi connectivity index (χ0v) is 7.68. The highest BCUT2D eigenvalue weighted by atomic mass is 16.1. The molecule has 2 heteroatoms. The van der Waals surface area contributed by atoms with E-state index in [9.17, 15) is 4.79 Å². The minimum Gasteiger partial charge on any atom is -0.375 e. The largest absolute Gasteiger partial charge is 0.375 e. The first-order valence-corrected chi connectivity index (χ1v) is 4.56. The molecule has 0 heterocycles. The predicted molar refractivity (Wildman–Crippen MR) is 57.5 cm³/mol. The van der Waals surface area contributed by atoms with Crippen molar-refractivity contribution in [1.82, 2.24) is 0 Å². The number of nitrogens with one attached hydrogen (secondary N) is 1. The summed E-state index contributed by atoms with van der Waals surface area (Å²) in [6.45, 7) is 0. The number of rotatable bonds is 3. The molecule has 0 aliphatic heterocycles. The summed E-state index contributed by atoms with van der Waals surface area (Å²) >= 11 is 0. The molecule has 0 atom stereocenters. The highest BCUT2D eigenvalue weighted by Gasteiger charge is 2.05. The predicted octanol–water partition coefficient (Wildman–Crippen LogP) is 2.41. The van der Waals surface area contributed by atoms with Crippen LogP contribution in [-0.2, 0) is 0 Å². The van der Waals surface area contributed by atoms with Gasteiger partial charge in [0.1, 0.15) is 0 Å². The van der Waals surface area contributed by atoms with Crippen molar-refractivity contribution in [3.8, 4) is 0 Å². The average Bonchev–Trinajstić information content (AvgIpc) is 2.71. The molecule has 1 aliphatic rings. The first-order valence-electron chi connectivity index (χ1n) is 4.56. The lowest BCUT2D eigenvalue weighted by Crippen LogP contribution is -2.12. The quantitative estimate of drug-likeness (QED) is 0.732. The highest BCUT2D eigenvalue weighted by Crippen LogP contribution is 2.15. The molecule has 0 spiro atoms. The van der Waals surface area contributed by atoms with E-state index in [-0.39, 0.29) is 6.04 Å². The highest BCUT2D eigenvalue weighted by molar-refractivity contribution is 5.84. The molecule has 14 heavy (non-hydrogen) atoms. The average molecular weight is 185 g/mol. The van der Waals surface area contributed by atoms with Crippen LogP contribution in [-0.4, -0.2) is 12.3 Å². The summed E-state index contributed by atoms with van der Waals surface area (Å²) in [7, 11) is 0. The van der Waals surface area contributed by atoms with Gasteiger partial charge in [-0.1, -0.05) is 36.4 Å². The van der Waals surface area contributed by atoms with Crippen LogP contribution >= 0.6 is 0 Å². The lowest BCUT2D eigenvalue weighted by Gasteiger charge is -2.11. The van der Waals surface area contributed by atoms with Crippen LogP contribution in [0.15, 0.2) is 48.6 Å². The third-order valence-electron chi connectivity index (χ3n) is 2.16. The summed E-state index contributed by atoms with van der Waals surface area (Å²) in [5, 5.41) is 3.26. The van der Waals surface area contributed by atoms with Gasteiger partial charge < -0.3 is 5.32 Å². The van der Waals surface area contributed by atoms with Gasteiger partial charge in [0.15, 0.2) is 6.29 Å². The molecule has 1 aliphatic carbocycles. The molecular weight excluding hydrogens is 174 g/mol. The Bertz CT molecular complexity index is 381. The smallest absolute Gasteiger partial charge is 0.152 e. The summed E-state index contributed by atoms with van der Waals surface area (Å²) in [4.78, 5) is 10.7. The van der Waals surface area contributed by atoms with Crippen molar-refractivity contribution in [3.05, 3.63) is 54.1 Å². The van der Waals surface area contributed by atoms with Crippen molar-refractivity contribution in [2.24, 2.45) is 0 Å². The number of carbonyl (C=O) groups excluding carboxylic acids is 1. The van der Waals surface area contributed by atoms with Crippen molar-refractivity contribution >= 4 is 12.0 Å². The van der Waals surface area contributed by atoms with Crippen LogP contribution in [0.1, 0.15) is 10.4 Å². The summed E-state index contributed by atoms with van der Waals surface area (Å²) in [6, 6.07) is 7.69. The first-order chi connectivity index (χ1) is 6.90. The molecule has 2 nitrogen and oxygen atoms in total. The van der Waals surface area contributed by atoms with Crippen molar-refractivity contribution in [2.75, 3.05) is 5.32 Å². The standard InChI is InChI=1S/C12H11NO/c14-9-10-5-1-4-8-12(10)13-11-6-2-3-7-11/h1-9,11,13H. The maximum absolute atomic E-state index is 10.7. The maximum Gasteiger partial charge on any atom is 0.152 e. The fraction of sp³-hybridized carbons (Fsp3) is 0.0833. The van der Waals surface area contributed by atoms with Gasteiger partial charge in [0.2, 0.25) is 0 Å². The van der Waals surface area contributed by atoms with Crippen molar-refractivity contribution < 1.29 is 4.79 Å². The third-order valence-corrected chi connectivity index (χ3v) is 2.16. The van der Waals surface area contributed by atoms with Gasteiger partial charge in [0.25, 0.3) is 0 Å². The van der Waals surface area contributed by atoms with Crippen LogP contribution in [0, 0.1) is 0 Å². The van der Waals surface area contributed by atoms with Crippen LogP contribution in [0.4, 0.5) is 5.69 Å². The number of carbonyl (C=O) groups is 1. The van der Waals surface area contributed by atoms with Gasteiger partial charge in [0.05, 0.1) is 6.04 Å². The maximum atomic E-state index is 10.7. The number of allylic oxidation sites excluding steroid dienone is 2.